The zero-order chi connectivity index (χ0) is 18.5. The Morgan fingerprint density at radius 2 is 1.96 bits per heavy atom. The highest BCUT2D eigenvalue weighted by atomic mass is 16.5. The lowest BCUT2D eigenvalue weighted by molar-refractivity contribution is 0.102. The van der Waals surface area contributed by atoms with Gasteiger partial charge >= 0.3 is 0 Å². The Hall–Kier alpha value is -2.89. The number of nitrogens with zero attached hydrogens (tertiary/aromatic N) is 2. The molecule has 1 N–H and O–H groups in total. The SMILES string of the molecule is COc1ccc(C)cc1NC(=O)c1cc(C2CC2)nc2onc(C3CC3)c12. The van der Waals surface area contributed by atoms with Gasteiger partial charge in [-0.2, -0.15) is 0 Å². The molecule has 0 aliphatic heterocycles. The summed E-state index contributed by atoms with van der Waals surface area (Å²) in [6.45, 7) is 1.98. The summed E-state index contributed by atoms with van der Waals surface area (Å²) in [5, 5.41) is 8.00. The van der Waals surface area contributed by atoms with Crippen LogP contribution in [0.15, 0.2) is 28.8 Å². The largest absolute Gasteiger partial charge is 0.495 e. The lowest BCUT2D eigenvalue weighted by Crippen LogP contribution is -2.14. The number of aromatic nitrogens is 2. The first kappa shape index (κ1) is 16.3. The molecule has 0 atom stereocenters. The molecule has 5 rings (SSSR count). The Kier molecular flexibility index (Phi) is 3.67. The van der Waals surface area contributed by atoms with Crippen LogP contribution in [0.2, 0.25) is 0 Å². The normalized spacial score (nSPS) is 16.5. The Bertz CT molecular complexity index is 1050. The molecule has 6 nitrogen and oxygen atoms in total. The van der Waals surface area contributed by atoms with Gasteiger partial charge in [-0.05, 0) is 56.4 Å². The van der Waals surface area contributed by atoms with Gasteiger partial charge in [-0.25, -0.2) is 4.98 Å². The van der Waals surface area contributed by atoms with Gasteiger partial charge in [0.2, 0.25) is 0 Å². The number of methoxy groups -OCH3 is 1. The van der Waals surface area contributed by atoms with Crippen molar-refractivity contribution in [3.63, 3.8) is 0 Å². The Morgan fingerprint density at radius 3 is 2.67 bits per heavy atom. The van der Waals surface area contributed by atoms with Crippen LogP contribution in [-0.2, 0) is 0 Å². The average Bonchev–Trinajstić information content (AvgIpc) is 3.58. The van der Waals surface area contributed by atoms with Crippen molar-refractivity contribution < 1.29 is 14.1 Å². The van der Waals surface area contributed by atoms with E-state index < -0.39 is 0 Å². The number of benzene rings is 1. The van der Waals surface area contributed by atoms with Crippen molar-refractivity contribution >= 4 is 22.7 Å². The lowest BCUT2D eigenvalue weighted by Gasteiger charge is -2.12. The molecule has 1 aromatic carbocycles. The molecule has 1 amide bonds. The number of nitrogens with one attached hydrogen (secondary N) is 1. The van der Waals surface area contributed by atoms with Gasteiger partial charge in [0.1, 0.15) is 5.75 Å². The first-order valence-corrected chi connectivity index (χ1v) is 9.40. The molecule has 6 heteroatoms. The van der Waals surface area contributed by atoms with Gasteiger partial charge in [0, 0.05) is 17.5 Å². The van der Waals surface area contributed by atoms with Crippen molar-refractivity contribution in [1.29, 1.82) is 0 Å². The summed E-state index contributed by atoms with van der Waals surface area (Å²) >= 11 is 0. The van der Waals surface area contributed by atoms with Crippen molar-refractivity contribution in [1.82, 2.24) is 10.1 Å². The van der Waals surface area contributed by atoms with Crippen molar-refractivity contribution in [3.05, 3.63) is 46.8 Å². The number of carbonyl (C=O) groups excluding carboxylic acids is 1. The third-order valence-electron chi connectivity index (χ3n) is 5.30. The third kappa shape index (κ3) is 2.95. The van der Waals surface area contributed by atoms with Crippen LogP contribution >= 0.6 is 0 Å². The van der Waals surface area contributed by atoms with E-state index in [4.69, 9.17) is 9.26 Å². The molecule has 27 heavy (non-hydrogen) atoms. The second-order valence-corrected chi connectivity index (χ2v) is 7.55. The first-order chi connectivity index (χ1) is 13.1. The monoisotopic (exact) mass is 363 g/mol. The molecule has 2 aromatic heterocycles. The average molecular weight is 363 g/mol. The summed E-state index contributed by atoms with van der Waals surface area (Å²) in [5.41, 5.74) is 4.55. The second kappa shape index (κ2) is 6.08. The molecule has 0 bridgehead atoms. The molecule has 0 unspecified atom stereocenters. The minimum Gasteiger partial charge on any atom is -0.495 e. The quantitative estimate of drug-likeness (QED) is 0.720. The number of aryl methyl sites for hydroxylation is 1. The Labute approximate surface area is 156 Å². The fraction of sp³-hybridized carbons (Fsp3) is 0.381. The highest BCUT2D eigenvalue weighted by Gasteiger charge is 2.34. The van der Waals surface area contributed by atoms with E-state index in [1.165, 1.54) is 0 Å². The van der Waals surface area contributed by atoms with Crippen LogP contribution in [0.5, 0.6) is 5.75 Å². The molecule has 2 aliphatic carbocycles. The van der Waals surface area contributed by atoms with E-state index in [1.54, 1.807) is 7.11 Å². The molecule has 0 radical (unpaired) electrons. The summed E-state index contributed by atoms with van der Waals surface area (Å²) < 4.78 is 10.9. The number of fused-ring (bicyclic) bond motifs is 1. The predicted octanol–water partition coefficient (Wildman–Crippen LogP) is 4.55. The van der Waals surface area contributed by atoms with Gasteiger partial charge in [0.05, 0.1) is 29.4 Å². The molecule has 2 heterocycles. The highest BCUT2D eigenvalue weighted by Crippen LogP contribution is 2.45. The number of anilines is 1. The van der Waals surface area contributed by atoms with Crippen LogP contribution < -0.4 is 10.1 Å². The van der Waals surface area contributed by atoms with E-state index >= 15 is 0 Å². The van der Waals surface area contributed by atoms with E-state index in [1.807, 2.05) is 31.2 Å². The zero-order valence-corrected chi connectivity index (χ0v) is 15.4. The predicted molar refractivity (Wildman–Crippen MR) is 101 cm³/mol. The van der Waals surface area contributed by atoms with Crippen LogP contribution in [0.25, 0.3) is 11.1 Å². The van der Waals surface area contributed by atoms with Crippen LogP contribution in [0.1, 0.15) is 64.8 Å². The third-order valence-corrected chi connectivity index (χ3v) is 5.30. The van der Waals surface area contributed by atoms with Crippen molar-refractivity contribution in [3.8, 4) is 5.75 Å². The van der Waals surface area contributed by atoms with Crippen LogP contribution in [0.3, 0.4) is 0 Å². The van der Waals surface area contributed by atoms with Gasteiger partial charge in [-0.15, -0.1) is 0 Å². The van der Waals surface area contributed by atoms with Gasteiger partial charge in [-0.1, -0.05) is 11.2 Å². The maximum Gasteiger partial charge on any atom is 0.259 e. The van der Waals surface area contributed by atoms with Gasteiger partial charge < -0.3 is 14.6 Å². The van der Waals surface area contributed by atoms with Gasteiger partial charge in [-0.3, -0.25) is 4.79 Å². The van der Waals surface area contributed by atoms with Crippen LogP contribution in [0.4, 0.5) is 5.69 Å². The molecule has 0 saturated heterocycles. The van der Waals surface area contributed by atoms with Crippen molar-refractivity contribution in [2.24, 2.45) is 0 Å². The maximum atomic E-state index is 13.2. The molecule has 2 saturated carbocycles. The number of hydrogen-bond donors (Lipinski definition) is 1. The number of pyridine rings is 1. The molecule has 0 spiro atoms. The lowest BCUT2D eigenvalue weighted by atomic mass is 10.0. The fourth-order valence-electron chi connectivity index (χ4n) is 3.50. The molecular formula is C21H21N3O3. The highest BCUT2D eigenvalue weighted by molar-refractivity contribution is 6.13. The molecule has 138 valence electrons. The van der Waals surface area contributed by atoms with Crippen molar-refractivity contribution in [2.75, 3.05) is 12.4 Å². The van der Waals surface area contributed by atoms with Crippen LogP contribution in [-0.4, -0.2) is 23.2 Å². The number of rotatable bonds is 5. The number of carbonyl (C=O) groups is 1. The number of hydrogen-bond acceptors (Lipinski definition) is 5. The summed E-state index contributed by atoms with van der Waals surface area (Å²) in [5.74, 6) is 1.25. The Balaban J connectivity index is 1.59. The van der Waals surface area contributed by atoms with Gasteiger partial charge in [0.25, 0.3) is 11.6 Å². The van der Waals surface area contributed by atoms with Gasteiger partial charge in [0.15, 0.2) is 0 Å². The zero-order valence-electron chi connectivity index (χ0n) is 15.4. The minimum atomic E-state index is -0.182. The smallest absolute Gasteiger partial charge is 0.259 e. The molecule has 2 fully saturated rings. The number of amides is 1. The van der Waals surface area contributed by atoms with E-state index in [0.29, 0.717) is 34.5 Å². The maximum absolute atomic E-state index is 13.2. The van der Waals surface area contributed by atoms with E-state index in [2.05, 4.69) is 15.5 Å². The molecular weight excluding hydrogens is 342 g/mol. The van der Waals surface area contributed by atoms with E-state index in [0.717, 1.165) is 48.0 Å². The van der Waals surface area contributed by atoms with Crippen molar-refractivity contribution in [2.45, 2.75) is 44.4 Å². The summed E-state index contributed by atoms with van der Waals surface area (Å²) in [6.07, 6.45) is 4.38. The number of ether oxygens (including phenoxy) is 1. The minimum absolute atomic E-state index is 0.182. The summed E-state index contributed by atoms with van der Waals surface area (Å²) in [7, 11) is 1.60. The van der Waals surface area contributed by atoms with E-state index in [9.17, 15) is 4.79 Å². The molecule has 2 aliphatic rings. The van der Waals surface area contributed by atoms with E-state index in [-0.39, 0.29) is 5.91 Å². The van der Waals surface area contributed by atoms with Crippen LogP contribution in [0, 0.1) is 6.92 Å². The standard InChI is InChI=1S/C21H21N3O3/c1-11-3-8-17(26-2)16(9-11)22-20(25)14-10-15(12-4-5-12)23-21-18(14)19(24-27-21)13-6-7-13/h3,8-10,12-13H,4-7H2,1-2H3,(H,22,25). The summed E-state index contributed by atoms with van der Waals surface area (Å²) in [4.78, 5) is 17.9. The fourth-order valence-corrected chi connectivity index (χ4v) is 3.50. The first-order valence-electron chi connectivity index (χ1n) is 9.40. The second-order valence-electron chi connectivity index (χ2n) is 7.55. The Morgan fingerprint density at radius 1 is 1.19 bits per heavy atom. The molecule has 3 aromatic rings. The summed E-state index contributed by atoms with van der Waals surface area (Å²) in [6, 6.07) is 7.64. The topological polar surface area (TPSA) is 77.2 Å².